The van der Waals surface area contributed by atoms with E-state index in [1.54, 1.807) is 7.11 Å². The number of amides is 1. The zero-order valence-electron chi connectivity index (χ0n) is 11.6. The average Bonchev–Trinajstić information content (AvgIpc) is 2.95. The summed E-state index contributed by atoms with van der Waals surface area (Å²) < 4.78 is 10.8. The number of nitrogens with one attached hydrogen (secondary N) is 1. The molecule has 5 heteroatoms. The molecule has 0 bridgehead atoms. The van der Waals surface area contributed by atoms with Crippen LogP contribution in [-0.2, 0) is 14.3 Å². The fourth-order valence-electron chi connectivity index (χ4n) is 3.08. The molecule has 2 aliphatic heterocycles. The minimum Gasteiger partial charge on any atom is -0.381 e. The highest BCUT2D eigenvalue weighted by Crippen LogP contribution is 2.30. The van der Waals surface area contributed by atoms with E-state index in [0.29, 0.717) is 12.0 Å². The van der Waals surface area contributed by atoms with E-state index in [1.165, 1.54) is 12.8 Å². The van der Waals surface area contributed by atoms with Gasteiger partial charge in [-0.25, -0.2) is 0 Å². The van der Waals surface area contributed by atoms with Crippen molar-refractivity contribution in [3.8, 4) is 0 Å². The molecule has 3 rings (SSSR count). The second-order valence-electron chi connectivity index (χ2n) is 6.01. The number of hydrogen-bond donors (Lipinski definition) is 1. The number of methoxy groups -OCH3 is 1. The predicted molar refractivity (Wildman–Crippen MR) is 70.9 cm³/mol. The number of rotatable bonds is 5. The Kier molecular flexibility index (Phi) is 4.05. The topological polar surface area (TPSA) is 50.8 Å². The number of nitrogens with zero attached hydrogens (tertiary/aromatic N) is 1. The quantitative estimate of drug-likeness (QED) is 0.784. The van der Waals surface area contributed by atoms with Gasteiger partial charge in [0.15, 0.2) is 0 Å². The van der Waals surface area contributed by atoms with Crippen LogP contribution in [0.3, 0.4) is 0 Å². The van der Waals surface area contributed by atoms with Crippen molar-refractivity contribution in [3.63, 3.8) is 0 Å². The molecular weight excluding hydrogens is 244 g/mol. The summed E-state index contributed by atoms with van der Waals surface area (Å²) in [5, 5.41) is 3.30. The van der Waals surface area contributed by atoms with Crippen LogP contribution in [-0.4, -0.2) is 62.4 Å². The normalized spacial score (nSPS) is 34.7. The van der Waals surface area contributed by atoms with Crippen LogP contribution >= 0.6 is 0 Å². The molecule has 0 spiro atoms. The Morgan fingerprint density at radius 1 is 1.42 bits per heavy atom. The van der Waals surface area contributed by atoms with Gasteiger partial charge in [0.2, 0.25) is 5.91 Å². The average molecular weight is 268 g/mol. The van der Waals surface area contributed by atoms with E-state index in [4.69, 9.17) is 9.47 Å². The number of ether oxygens (including phenoxy) is 2. The van der Waals surface area contributed by atoms with Crippen molar-refractivity contribution in [1.82, 2.24) is 10.2 Å². The van der Waals surface area contributed by atoms with Gasteiger partial charge in [0, 0.05) is 38.8 Å². The van der Waals surface area contributed by atoms with Gasteiger partial charge in [0.05, 0.1) is 18.8 Å². The summed E-state index contributed by atoms with van der Waals surface area (Å²) >= 11 is 0. The third-order valence-corrected chi connectivity index (χ3v) is 4.47. The van der Waals surface area contributed by atoms with Crippen molar-refractivity contribution in [2.24, 2.45) is 5.92 Å². The molecule has 1 aliphatic carbocycles. The highest BCUT2D eigenvalue weighted by Gasteiger charge is 2.39. The second-order valence-corrected chi connectivity index (χ2v) is 6.01. The zero-order valence-corrected chi connectivity index (χ0v) is 11.6. The van der Waals surface area contributed by atoms with Crippen molar-refractivity contribution >= 4 is 5.91 Å². The first-order chi connectivity index (χ1) is 9.28. The third-order valence-electron chi connectivity index (χ3n) is 4.47. The Morgan fingerprint density at radius 3 is 2.84 bits per heavy atom. The molecule has 1 N–H and O–H groups in total. The maximum absolute atomic E-state index is 12.6. The lowest BCUT2D eigenvalue weighted by Crippen LogP contribution is -2.46. The zero-order chi connectivity index (χ0) is 13.2. The van der Waals surface area contributed by atoms with Crippen LogP contribution < -0.4 is 5.32 Å². The summed E-state index contributed by atoms with van der Waals surface area (Å²) in [7, 11) is 1.72. The third kappa shape index (κ3) is 3.09. The molecule has 0 aromatic heterocycles. The monoisotopic (exact) mass is 268 g/mol. The SMILES string of the molecule is COC1CNC(C(=O)N(CC2CCOC2)C2CC2)C1. The maximum atomic E-state index is 12.6. The fraction of sp³-hybridized carbons (Fsp3) is 0.929. The summed E-state index contributed by atoms with van der Waals surface area (Å²) in [6.07, 6.45) is 4.42. The van der Waals surface area contributed by atoms with Crippen LogP contribution in [0.25, 0.3) is 0 Å². The lowest BCUT2D eigenvalue weighted by atomic mass is 10.1. The molecule has 0 radical (unpaired) electrons. The highest BCUT2D eigenvalue weighted by molar-refractivity contribution is 5.83. The van der Waals surface area contributed by atoms with Crippen molar-refractivity contribution in [2.45, 2.75) is 43.9 Å². The van der Waals surface area contributed by atoms with E-state index in [9.17, 15) is 4.79 Å². The van der Waals surface area contributed by atoms with Gasteiger partial charge in [-0.1, -0.05) is 0 Å². The molecule has 3 unspecified atom stereocenters. The van der Waals surface area contributed by atoms with Crippen LogP contribution in [0, 0.1) is 5.92 Å². The van der Waals surface area contributed by atoms with Crippen molar-refractivity contribution < 1.29 is 14.3 Å². The first-order valence-electron chi connectivity index (χ1n) is 7.42. The minimum atomic E-state index is -0.0483. The summed E-state index contributed by atoms with van der Waals surface area (Å²) in [5.41, 5.74) is 0. The van der Waals surface area contributed by atoms with Gasteiger partial charge in [-0.3, -0.25) is 4.79 Å². The van der Waals surface area contributed by atoms with Gasteiger partial charge >= 0.3 is 0 Å². The largest absolute Gasteiger partial charge is 0.381 e. The lowest BCUT2D eigenvalue weighted by molar-refractivity contribution is -0.134. The second kappa shape index (κ2) is 5.77. The fourth-order valence-corrected chi connectivity index (χ4v) is 3.08. The summed E-state index contributed by atoms with van der Waals surface area (Å²) in [6, 6.07) is 0.435. The number of carbonyl (C=O) groups is 1. The van der Waals surface area contributed by atoms with E-state index >= 15 is 0 Å². The van der Waals surface area contributed by atoms with E-state index in [0.717, 1.165) is 39.1 Å². The molecule has 108 valence electrons. The van der Waals surface area contributed by atoms with Crippen molar-refractivity contribution in [2.75, 3.05) is 33.4 Å². The molecule has 2 saturated heterocycles. The first kappa shape index (κ1) is 13.3. The molecule has 2 heterocycles. The summed E-state index contributed by atoms with van der Waals surface area (Å²) in [6.45, 7) is 3.33. The Labute approximate surface area is 114 Å². The Balaban J connectivity index is 1.58. The van der Waals surface area contributed by atoms with E-state index in [2.05, 4.69) is 10.2 Å². The van der Waals surface area contributed by atoms with Crippen LogP contribution in [0.1, 0.15) is 25.7 Å². The lowest BCUT2D eigenvalue weighted by Gasteiger charge is -2.28. The van der Waals surface area contributed by atoms with Gasteiger partial charge in [-0.05, 0) is 25.7 Å². The standard InChI is InChI=1S/C14H24N2O3/c1-18-12-6-13(15-7-12)14(17)16(11-2-3-11)8-10-4-5-19-9-10/h10-13,15H,2-9H2,1H3. The predicted octanol–water partition coefficient (Wildman–Crippen LogP) is 0.391. The van der Waals surface area contributed by atoms with Crippen LogP contribution in [0.4, 0.5) is 0 Å². The molecule has 0 aromatic carbocycles. The molecular formula is C14H24N2O3. The van der Waals surface area contributed by atoms with Crippen molar-refractivity contribution in [1.29, 1.82) is 0 Å². The van der Waals surface area contributed by atoms with Crippen LogP contribution in [0.5, 0.6) is 0 Å². The first-order valence-corrected chi connectivity index (χ1v) is 7.42. The smallest absolute Gasteiger partial charge is 0.240 e. The Morgan fingerprint density at radius 2 is 2.26 bits per heavy atom. The van der Waals surface area contributed by atoms with E-state index < -0.39 is 0 Å². The Bertz CT molecular complexity index is 327. The highest BCUT2D eigenvalue weighted by atomic mass is 16.5. The van der Waals surface area contributed by atoms with Gasteiger partial charge in [0.25, 0.3) is 0 Å². The number of hydrogen-bond acceptors (Lipinski definition) is 4. The van der Waals surface area contributed by atoms with Crippen LogP contribution in [0.2, 0.25) is 0 Å². The van der Waals surface area contributed by atoms with Crippen LogP contribution in [0.15, 0.2) is 0 Å². The molecule has 1 saturated carbocycles. The summed E-state index contributed by atoms with van der Waals surface area (Å²) in [4.78, 5) is 14.7. The maximum Gasteiger partial charge on any atom is 0.240 e. The number of carbonyl (C=O) groups excluding carboxylic acids is 1. The van der Waals surface area contributed by atoms with E-state index in [-0.39, 0.29) is 18.1 Å². The van der Waals surface area contributed by atoms with Gasteiger partial charge in [-0.2, -0.15) is 0 Å². The van der Waals surface area contributed by atoms with E-state index in [1.807, 2.05) is 0 Å². The van der Waals surface area contributed by atoms with Gasteiger partial charge in [-0.15, -0.1) is 0 Å². The molecule has 3 aliphatic rings. The molecule has 3 fully saturated rings. The minimum absolute atomic E-state index is 0.0483. The molecule has 1 amide bonds. The van der Waals surface area contributed by atoms with Crippen molar-refractivity contribution in [3.05, 3.63) is 0 Å². The van der Waals surface area contributed by atoms with Gasteiger partial charge in [0.1, 0.15) is 0 Å². The molecule has 0 aromatic rings. The molecule has 5 nitrogen and oxygen atoms in total. The molecule has 3 atom stereocenters. The van der Waals surface area contributed by atoms with Gasteiger partial charge < -0.3 is 19.7 Å². The molecule has 19 heavy (non-hydrogen) atoms. The Hall–Kier alpha value is -0.650. The summed E-state index contributed by atoms with van der Waals surface area (Å²) in [5.74, 6) is 0.804.